The van der Waals surface area contributed by atoms with Gasteiger partial charge in [-0.15, -0.1) is 0 Å². The highest BCUT2D eigenvalue weighted by Gasteiger charge is 2.27. The molecule has 2 rings (SSSR count). The summed E-state index contributed by atoms with van der Waals surface area (Å²) in [4.78, 5) is 24.2. The van der Waals surface area contributed by atoms with E-state index in [4.69, 9.17) is 28.8 Å². The molecule has 0 unspecified atom stereocenters. The van der Waals surface area contributed by atoms with Gasteiger partial charge in [0.25, 0.3) is 0 Å². The lowest BCUT2D eigenvalue weighted by atomic mass is 10.00. The maximum Gasteiger partial charge on any atom is 0.412 e. The Kier molecular flexibility index (Phi) is 13.3. The number of carbonyl (C=O) groups is 2. The van der Waals surface area contributed by atoms with Gasteiger partial charge in [-0.1, -0.05) is 30.4 Å². The van der Waals surface area contributed by atoms with Gasteiger partial charge in [0, 0.05) is 18.9 Å². The number of carbonyl (C=O) groups excluding carboxylic acids is 2. The lowest BCUT2D eigenvalue weighted by Crippen LogP contribution is -2.28. The Balaban J connectivity index is 2.11. The van der Waals surface area contributed by atoms with Gasteiger partial charge < -0.3 is 28.8 Å². The molecule has 0 heterocycles. The van der Waals surface area contributed by atoms with Crippen molar-refractivity contribution >= 4 is 17.7 Å². The van der Waals surface area contributed by atoms with Crippen LogP contribution in [0, 0.1) is 0 Å². The number of amides is 1. The molecule has 1 amide bonds. The molecule has 0 bridgehead atoms. The minimum absolute atomic E-state index is 0.0900. The Bertz CT molecular complexity index is 1000. The molecule has 9 nitrogen and oxygen atoms in total. The second kappa shape index (κ2) is 16.8. The fourth-order valence-electron chi connectivity index (χ4n) is 3.37. The minimum atomic E-state index is -0.710. The van der Waals surface area contributed by atoms with Crippen molar-refractivity contribution in [1.29, 1.82) is 0 Å². The molecule has 37 heavy (non-hydrogen) atoms. The van der Waals surface area contributed by atoms with Crippen LogP contribution in [-0.2, 0) is 19.0 Å². The molecule has 9 heteroatoms. The second-order valence-corrected chi connectivity index (χ2v) is 7.71. The van der Waals surface area contributed by atoms with Crippen LogP contribution in [0.5, 0.6) is 11.5 Å². The van der Waals surface area contributed by atoms with Crippen molar-refractivity contribution in [3.63, 3.8) is 0 Å². The number of benzene rings is 2. The van der Waals surface area contributed by atoms with E-state index in [0.717, 1.165) is 5.56 Å². The van der Waals surface area contributed by atoms with Crippen molar-refractivity contribution in [2.24, 2.45) is 0 Å². The first-order valence-electron chi connectivity index (χ1n) is 12.0. The largest absolute Gasteiger partial charge is 0.497 e. The minimum Gasteiger partial charge on any atom is -0.497 e. The van der Waals surface area contributed by atoms with Crippen LogP contribution >= 0.6 is 0 Å². The average Bonchev–Trinajstić information content (AvgIpc) is 2.91. The molecule has 2 N–H and O–H groups in total. The highest BCUT2D eigenvalue weighted by atomic mass is 16.6. The topological polar surface area (TPSA) is 113 Å². The number of anilines is 1. The van der Waals surface area contributed by atoms with E-state index in [-0.39, 0.29) is 13.2 Å². The molecule has 0 aromatic heterocycles. The summed E-state index contributed by atoms with van der Waals surface area (Å²) in [6, 6.07) is 14.0. The Morgan fingerprint density at radius 3 is 2.32 bits per heavy atom. The molecule has 2 aromatic rings. The number of hydrogen-bond donors (Lipinski definition) is 2. The van der Waals surface area contributed by atoms with Crippen molar-refractivity contribution in [2.45, 2.75) is 32.0 Å². The number of esters is 1. The number of methoxy groups -OCH3 is 2. The van der Waals surface area contributed by atoms with Crippen LogP contribution < -0.4 is 14.8 Å². The third-order valence-electron chi connectivity index (χ3n) is 5.16. The van der Waals surface area contributed by atoms with Gasteiger partial charge in [-0.05, 0) is 61.7 Å². The van der Waals surface area contributed by atoms with E-state index in [0.29, 0.717) is 36.6 Å². The molecule has 0 aliphatic heterocycles. The van der Waals surface area contributed by atoms with E-state index >= 15 is 0 Å². The summed E-state index contributed by atoms with van der Waals surface area (Å²) >= 11 is 0. The maximum absolute atomic E-state index is 12.8. The number of aliphatic hydroxyl groups is 1. The molecular weight excluding hydrogens is 478 g/mol. The molecule has 0 spiro atoms. The van der Waals surface area contributed by atoms with Gasteiger partial charge in [0.1, 0.15) is 18.1 Å². The maximum atomic E-state index is 12.8. The first-order chi connectivity index (χ1) is 18.0. The van der Waals surface area contributed by atoms with Crippen LogP contribution in [0.1, 0.15) is 31.4 Å². The first kappa shape index (κ1) is 29.4. The van der Waals surface area contributed by atoms with Crippen molar-refractivity contribution in [1.82, 2.24) is 0 Å². The number of rotatable bonds is 15. The van der Waals surface area contributed by atoms with E-state index in [1.807, 2.05) is 6.08 Å². The molecular formula is C28H35NO8. The molecule has 0 saturated carbocycles. The fourth-order valence-corrected chi connectivity index (χ4v) is 3.37. The molecule has 2 aromatic carbocycles. The molecule has 0 aliphatic rings. The standard InChI is InChI=1S/C28H35NO8/c1-4-35-26(31)10-8-6-5-7-9-25(34-3)27(21-11-15-24(16-12-21)36-20-19-30)37-28(32)29-22-13-17-23(33-2)18-14-22/h5-6,8,10-18,25,27,30H,4,7,9,19-20H2,1-3H3,(H,29,32)/b6-5+,10-8+/t25-,27-/m0/s1. The number of hydrogen-bond acceptors (Lipinski definition) is 8. The summed E-state index contributed by atoms with van der Waals surface area (Å²) in [6.07, 6.45) is 5.97. The van der Waals surface area contributed by atoms with Gasteiger partial charge in [0.2, 0.25) is 0 Å². The number of aliphatic hydroxyl groups excluding tert-OH is 1. The van der Waals surface area contributed by atoms with E-state index in [9.17, 15) is 9.59 Å². The normalized spacial score (nSPS) is 12.8. The summed E-state index contributed by atoms with van der Waals surface area (Å²) in [7, 11) is 3.13. The van der Waals surface area contributed by atoms with Crippen molar-refractivity contribution in [3.8, 4) is 11.5 Å². The first-order valence-corrected chi connectivity index (χ1v) is 12.0. The number of allylic oxidation sites excluding steroid dienone is 3. The lowest BCUT2D eigenvalue weighted by molar-refractivity contribution is -0.137. The third kappa shape index (κ3) is 10.8. The van der Waals surface area contributed by atoms with Gasteiger partial charge in [0.05, 0.1) is 26.4 Å². The van der Waals surface area contributed by atoms with E-state index in [1.165, 1.54) is 6.08 Å². The van der Waals surface area contributed by atoms with Gasteiger partial charge in [0.15, 0.2) is 6.10 Å². The summed E-state index contributed by atoms with van der Waals surface area (Å²) in [5.41, 5.74) is 1.28. The SMILES string of the molecule is CCOC(=O)/C=C/C=C/CC[C@H](OC)[C@@H](OC(=O)Nc1ccc(OC)cc1)c1ccc(OCCO)cc1. The summed E-state index contributed by atoms with van der Waals surface area (Å²) in [6.45, 7) is 2.16. The zero-order chi connectivity index (χ0) is 26.9. The number of nitrogens with one attached hydrogen (secondary N) is 1. The third-order valence-corrected chi connectivity index (χ3v) is 5.16. The van der Waals surface area contributed by atoms with Gasteiger partial charge in [-0.25, -0.2) is 9.59 Å². The van der Waals surface area contributed by atoms with Crippen molar-refractivity contribution < 1.29 is 38.4 Å². The second-order valence-electron chi connectivity index (χ2n) is 7.71. The summed E-state index contributed by atoms with van der Waals surface area (Å²) < 4.78 is 26.9. The van der Waals surface area contributed by atoms with Crippen LogP contribution in [0.3, 0.4) is 0 Å². The molecule has 0 radical (unpaired) electrons. The highest BCUT2D eigenvalue weighted by Crippen LogP contribution is 2.29. The van der Waals surface area contributed by atoms with Crippen LogP contribution in [0.15, 0.2) is 72.8 Å². The van der Waals surface area contributed by atoms with Crippen molar-refractivity contribution in [2.75, 3.05) is 39.4 Å². The predicted octanol–water partition coefficient (Wildman–Crippen LogP) is 4.83. The number of ether oxygens (including phenoxy) is 5. The zero-order valence-corrected chi connectivity index (χ0v) is 21.4. The fraction of sp³-hybridized carbons (Fsp3) is 0.357. The lowest BCUT2D eigenvalue weighted by Gasteiger charge is -2.26. The predicted molar refractivity (Wildman–Crippen MR) is 140 cm³/mol. The van der Waals surface area contributed by atoms with Crippen LogP contribution in [0.4, 0.5) is 10.5 Å². The highest BCUT2D eigenvalue weighted by molar-refractivity contribution is 5.84. The molecule has 2 atom stereocenters. The Morgan fingerprint density at radius 1 is 1.00 bits per heavy atom. The molecule has 200 valence electrons. The van der Waals surface area contributed by atoms with E-state index in [1.54, 1.807) is 81.8 Å². The Hall–Kier alpha value is -3.82. The van der Waals surface area contributed by atoms with Gasteiger partial charge >= 0.3 is 12.1 Å². The average molecular weight is 514 g/mol. The van der Waals surface area contributed by atoms with Crippen LogP contribution in [-0.4, -0.2) is 57.3 Å². The molecule has 0 aliphatic carbocycles. The summed E-state index contributed by atoms with van der Waals surface area (Å²) in [5, 5.41) is 11.7. The monoisotopic (exact) mass is 513 g/mol. The van der Waals surface area contributed by atoms with Crippen molar-refractivity contribution in [3.05, 3.63) is 78.4 Å². The van der Waals surface area contributed by atoms with Gasteiger partial charge in [-0.2, -0.15) is 0 Å². The molecule has 0 fully saturated rings. The quantitative estimate of drug-likeness (QED) is 0.198. The smallest absolute Gasteiger partial charge is 0.412 e. The Morgan fingerprint density at radius 2 is 1.70 bits per heavy atom. The van der Waals surface area contributed by atoms with E-state index < -0.39 is 24.3 Å². The zero-order valence-electron chi connectivity index (χ0n) is 21.4. The molecule has 0 saturated heterocycles. The van der Waals surface area contributed by atoms with Gasteiger partial charge in [-0.3, -0.25) is 5.32 Å². The van der Waals surface area contributed by atoms with Crippen LogP contribution in [0.25, 0.3) is 0 Å². The Labute approximate surface area is 217 Å². The van der Waals surface area contributed by atoms with E-state index in [2.05, 4.69) is 5.32 Å². The summed E-state index contributed by atoms with van der Waals surface area (Å²) in [5.74, 6) is 0.860. The van der Waals surface area contributed by atoms with Crippen LogP contribution in [0.2, 0.25) is 0 Å².